The highest BCUT2D eigenvalue weighted by atomic mass is 35.5. The Hall–Kier alpha value is -0.840. The Kier molecular flexibility index (Phi) is 5.64. The van der Waals surface area contributed by atoms with Gasteiger partial charge in [0, 0.05) is 29.6 Å². The van der Waals surface area contributed by atoms with Crippen LogP contribution in [0.2, 0.25) is 5.02 Å². The van der Waals surface area contributed by atoms with Crippen LogP contribution in [0.25, 0.3) is 0 Å². The highest BCUT2D eigenvalue weighted by Crippen LogP contribution is 2.37. The van der Waals surface area contributed by atoms with Gasteiger partial charge in [-0.05, 0) is 38.5 Å². The zero-order valence-electron chi connectivity index (χ0n) is 12.3. The van der Waals surface area contributed by atoms with Crippen LogP contribution in [0.3, 0.4) is 0 Å². The van der Waals surface area contributed by atoms with E-state index in [9.17, 15) is 14.3 Å². The van der Waals surface area contributed by atoms with E-state index in [1.165, 1.54) is 6.07 Å². The van der Waals surface area contributed by atoms with Gasteiger partial charge in [0.1, 0.15) is 5.82 Å². The largest absolute Gasteiger partial charge is 0.481 e. The second-order valence-corrected chi connectivity index (χ2v) is 6.73. The number of nitrogens with zero attached hydrogens (tertiary/aromatic N) is 1. The predicted octanol–water partition coefficient (Wildman–Crippen LogP) is 3.80. The first kappa shape index (κ1) is 18.2. The summed E-state index contributed by atoms with van der Waals surface area (Å²) in [5.41, 5.74) is 0.305. The summed E-state index contributed by atoms with van der Waals surface area (Å²) in [6.45, 7) is 7.08. The van der Waals surface area contributed by atoms with Crippen LogP contribution >= 0.6 is 24.0 Å². The van der Waals surface area contributed by atoms with Gasteiger partial charge in [-0.3, -0.25) is 9.69 Å². The SMILES string of the molecule is CC(C)(C)N1CC(C(=O)O)C(c2ccc(Cl)cc2F)C1.Cl. The van der Waals surface area contributed by atoms with E-state index in [2.05, 4.69) is 4.90 Å². The molecule has 2 rings (SSSR count). The van der Waals surface area contributed by atoms with Crippen LogP contribution < -0.4 is 0 Å². The van der Waals surface area contributed by atoms with E-state index in [1.807, 2.05) is 20.8 Å². The number of aliphatic carboxylic acids is 1. The molecule has 0 bridgehead atoms. The van der Waals surface area contributed by atoms with E-state index in [1.54, 1.807) is 12.1 Å². The van der Waals surface area contributed by atoms with Crippen molar-refractivity contribution in [1.29, 1.82) is 0 Å². The second kappa shape index (κ2) is 6.51. The minimum absolute atomic E-state index is 0. The van der Waals surface area contributed by atoms with Gasteiger partial charge in [0.2, 0.25) is 0 Å². The topological polar surface area (TPSA) is 40.5 Å². The molecular weight excluding hydrogens is 316 g/mol. The van der Waals surface area contributed by atoms with Crippen LogP contribution in [0.1, 0.15) is 32.3 Å². The van der Waals surface area contributed by atoms with Gasteiger partial charge >= 0.3 is 5.97 Å². The Bertz CT molecular complexity index is 531. The minimum atomic E-state index is -0.879. The third-order valence-corrected chi connectivity index (χ3v) is 4.18. The molecule has 1 heterocycles. The van der Waals surface area contributed by atoms with Crippen molar-refractivity contribution >= 4 is 30.0 Å². The molecule has 0 aromatic heterocycles. The van der Waals surface area contributed by atoms with Gasteiger partial charge in [0.15, 0.2) is 0 Å². The molecule has 0 aliphatic carbocycles. The number of carbonyl (C=O) groups is 1. The third kappa shape index (κ3) is 3.87. The molecular formula is C15H20Cl2FNO2. The van der Waals surface area contributed by atoms with E-state index in [4.69, 9.17) is 11.6 Å². The molecule has 2 atom stereocenters. The van der Waals surface area contributed by atoms with E-state index >= 15 is 0 Å². The van der Waals surface area contributed by atoms with Gasteiger partial charge in [-0.1, -0.05) is 17.7 Å². The number of likely N-dealkylation sites (tertiary alicyclic amines) is 1. The summed E-state index contributed by atoms with van der Waals surface area (Å²) in [5, 5.41) is 9.72. The molecule has 1 aromatic rings. The third-order valence-electron chi connectivity index (χ3n) is 3.95. The fraction of sp³-hybridized carbons (Fsp3) is 0.533. The molecule has 1 aliphatic rings. The lowest BCUT2D eigenvalue weighted by Crippen LogP contribution is -2.40. The van der Waals surface area contributed by atoms with Crippen molar-refractivity contribution in [2.45, 2.75) is 32.2 Å². The standard InChI is InChI=1S/C15H19ClFNO2.ClH/c1-15(2,3)18-7-11(12(8-18)14(19)20)10-5-4-9(16)6-13(10)17;/h4-6,11-12H,7-8H2,1-3H3,(H,19,20);1H. The highest BCUT2D eigenvalue weighted by Gasteiger charge is 2.42. The summed E-state index contributed by atoms with van der Waals surface area (Å²) in [4.78, 5) is 13.5. The van der Waals surface area contributed by atoms with Gasteiger partial charge < -0.3 is 5.11 Å². The lowest BCUT2D eigenvalue weighted by atomic mass is 9.89. The highest BCUT2D eigenvalue weighted by molar-refractivity contribution is 6.30. The summed E-state index contributed by atoms with van der Waals surface area (Å²) in [6.07, 6.45) is 0. The normalized spacial score (nSPS) is 22.9. The summed E-state index contributed by atoms with van der Waals surface area (Å²) in [7, 11) is 0. The molecule has 2 unspecified atom stereocenters. The smallest absolute Gasteiger partial charge is 0.308 e. The van der Waals surface area contributed by atoms with Crippen LogP contribution in [0, 0.1) is 11.7 Å². The molecule has 1 fully saturated rings. The van der Waals surface area contributed by atoms with E-state index in [-0.39, 0.29) is 23.9 Å². The molecule has 1 aliphatic heterocycles. The van der Waals surface area contributed by atoms with Gasteiger partial charge in [-0.15, -0.1) is 12.4 Å². The first-order valence-corrected chi connectivity index (χ1v) is 7.00. The van der Waals surface area contributed by atoms with Crippen LogP contribution in [-0.2, 0) is 4.79 Å². The molecule has 0 spiro atoms. The van der Waals surface area contributed by atoms with Crippen molar-refractivity contribution in [3.63, 3.8) is 0 Å². The minimum Gasteiger partial charge on any atom is -0.481 e. The van der Waals surface area contributed by atoms with Crippen molar-refractivity contribution in [3.05, 3.63) is 34.6 Å². The fourth-order valence-corrected chi connectivity index (χ4v) is 2.88. The maximum atomic E-state index is 14.1. The number of carboxylic acid groups (broad SMARTS) is 1. The molecule has 1 saturated heterocycles. The van der Waals surface area contributed by atoms with Crippen molar-refractivity contribution < 1.29 is 14.3 Å². The zero-order chi connectivity index (χ0) is 15.1. The summed E-state index contributed by atoms with van der Waals surface area (Å²) < 4.78 is 14.1. The predicted molar refractivity (Wildman–Crippen MR) is 83.9 cm³/mol. The fourth-order valence-electron chi connectivity index (χ4n) is 2.72. The van der Waals surface area contributed by atoms with Crippen LogP contribution in [0.5, 0.6) is 0 Å². The van der Waals surface area contributed by atoms with Gasteiger partial charge in [-0.2, -0.15) is 0 Å². The lowest BCUT2D eigenvalue weighted by molar-refractivity contribution is -0.141. The Morgan fingerprint density at radius 3 is 2.48 bits per heavy atom. The van der Waals surface area contributed by atoms with E-state index < -0.39 is 17.7 Å². The molecule has 3 nitrogen and oxygen atoms in total. The van der Waals surface area contributed by atoms with E-state index in [0.29, 0.717) is 23.7 Å². The van der Waals surface area contributed by atoms with Gasteiger partial charge in [-0.25, -0.2) is 4.39 Å². The second-order valence-electron chi connectivity index (χ2n) is 6.29. The lowest BCUT2D eigenvalue weighted by Gasteiger charge is -2.31. The number of hydrogen-bond donors (Lipinski definition) is 1. The number of benzene rings is 1. The molecule has 0 saturated carbocycles. The van der Waals surface area contributed by atoms with Crippen LogP contribution in [-0.4, -0.2) is 34.6 Å². The van der Waals surface area contributed by atoms with Crippen LogP contribution in [0.4, 0.5) is 4.39 Å². The maximum absolute atomic E-state index is 14.1. The quantitative estimate of drug-likeness (QED) is 0.893. The Labute approximate surface area is 135 Å². The Morgan fingerprint density at radius 2 is 2.00 bits per heavy atom. The molecule has 1 N–H and O–H groups in total. The zero-order valence-corrected chi connectivity index (χ0v) is 13.8. The summed E-state index contributed by atoms with van der Waals surface area (Å²) >= 11 is 5.76. The molecule has 6 heteroatoms. The van der Waals surface area contributed by atoms with Crippen LogP contribution in [0.15, 0.2) is 18.2 Å². The first-order valence-electron chi connectivity index (χ1n) is 6.63. The van der Waals surface area contributed by atoms with Crippen molar-refractivity contribution in [1.82, 2.24) is 4.90 Å². The molecule has 0 amide bonds. The molecule has 21 heavy (non-hydrogen) atoms. The van der Waals surface area contributed by atoms with Crippen molar-refractivity contribution in [2.24, 2.45) is 5.92 Å². The average Bonchev–Trinajstić information content (AvgIpc) is 2.73. The summed E-state index contributed by atoms with van der Waals surface area (Å²) in [6, 6.07) is 4.46. The Morgan fingerprint density at radius 1 is 1.38 bits per heavy atom. The molecule has 1 aromatic carbocycles. The van der Waals surface area contributed by atoms with Gasteiger partial charge in [0.05, 0.1) is 5.92 Å². The molecule has 0 radical (unpaired) electrons. The van der Waals surface area contributed by atoms with Gasteiger partial charge in [0.25, 0.3) is 0 Å². The Balaban J connectivity index is 0.00000220. The number of carboxylic acids is 1. The number of halogens is 3. The molecule has 118 valence electrons. The first-order chi connectivity index (χ1) is 9.20. The summed E-state index contributed by atoms with van der Waals surface area (Å²) in [5.74, 6) is -2.24. The van der Waals surface area contributed by atoms with E-state index in [0.717, 1.165) is 0 Å². The average molecular weight is 336 g/mol. The maximum Gasteiger partial charge on any atom is 0.308 e. The number of hydrogen-bond acceptors (Lipinski definition) is 2. The monoisotopic (exact) mass is 335 g/mol. The van der Waals surface area contributed by atoms with Crippen molar-refractivity contribution in [3.8, 4) is 0 Å². The number of rotatable bonds is 2. The van der Waals surface area contributed by atoms with Crippen molar-refractivity contribution in [2.75, 3.05) is 13.1 Å².